The van der Waals surface area contributed by atoms with Crippen LogP contribution in [0.25, 0.3) is 0 Å². The lowest BCUT2D eigenvalue weighted by molar-refractivity contribution is -0.166. The highest BCUT2D eigenvalue weighted by Gasteiger charge is 2.45. The zero-order valence-electron chi connectivity index (χ0n) is 21.7. The second-order valence-corrected chi connectivity index (χ2v) is 9.53. The zero-order chi connectivity index (χ0) is 27.5. The van der Waals surface area contributed by atoms with Crippen LogP contribution in [0.2, 0.25) is 0 Å². The van der Waals surface area contributed by atoms with Crippen LogP contribution in [0.3, 0.4) is 0 Å². The first kappa shape index (κ1) is 26.4. The molecule has 0 saturated carbocycles. The molecule has 0 spiro atoms. The predicted octanol–water partition coefficient (Wildman–Crippen LogP) is 5.01. The molecule has 1 heterocycles. The van der Waals surface area contributed by atoms with Gasteiger partial charge in [-0.25, -0.2) is 4.79 Å². The molecule has 5 rings (SSSR count). The van der Waals surface area contributed by atoms with Gasteiger partial charge < -0.3 is 33.9 Å². The fourth-order valence-corrected chi connectivity index (χ4v) is 5.60. The molecule has 1 aliphatic carbocycles. The van der Waals surface area contributed by atoms with E-state index >= 15 is 0 Å². The number of carboxylic acid groups (broad SMARTS) is 2. The fraction of sp³-hybridized carbons (Fsp3) is 0.333. The van der Waals surface area contributed by atoms with Crippen LogP contribution < -0.4 is 18.9 Å². The Balaban J connectivity index is 1.67. The number of fused-ring (bicyclic) bond motifs is 2. The molecule has 2 aliphatic rings. The van der Waals surface area contributed by atoms with Gasteiger partial charge in [-0.05, 0) is 59.4 Å². The van der Waals surface area contributed by atoms with E-state index in [4.69, 9.17) is 23.7 Å². The molecule has 0 amide bonds. The molecule has 1 aliphatic heterocycles. The van der Waals surface area contributed by atoms with Gasteiger partial charge in [0.25, 0.3) is 6.29 Å². The van der Waals surface area contributed by atoms with Crippen molar-refractivity contribution in [2.45, 2.75) is 37.9 Å². The van der Waals surface area contributed by atoms with Gasteiger partial charge in [-0.2, -0.15) is 0 Å². The number of rotatable bonds is 11. The van der Waals surface area contributed by atoms with Gasteiger partial charge in [-0.1, -0.05) is 37.3 Å². The van der Waals surface area contributed by atoms with Crippen molar-refractivity contribution in [2.24, 2.45) is 5.92 Å². The number of ether oxygens (including phenoxy) is 5. The van der Waals surface area contributed by atoms with Gasteiger partial charge in [0.05, 0.1) is 6.61 Å². The van der Waals surface area contributed by atoms with E-state index < -0.39 is 30.1 Å². The van der Waals surface area contributed by atoms with E-state index in [1.807, 2.05) is 55.5 Å². The highest BCUT2D eigenvalue weighted by molar-refractivity contribution is 5.71. The summed E-state index contributed by atoms with van der Waals surface area (Å²) in [7, 11) is 1.26. The lowest BCUT2D eigenvalue weighted by Crippen LogP contribution is -2.29. The molecular formula is C30H30O9. The van der Waals surface area contributed by atoms with Gasteiger partial charge in [-0.3, -0.25) is 4.79 Å². The molecule has 0 aromatic heterocycles. The van der Waals surface area contributed by atoms with E-state index in [0.29, 0.717) is 35.2 Å². The van der Waals surface area contributed by atoms with E-state index in [1.54, 1.807) is 12.1 Å². The van der Waals surface area contributed by atoms with Crippen LogP contribution in [-0.2, 0) is 14.3 Å². The lowest BCUT2D eigenvalue weighted by atomic mass is 9.77. The molecular weight excluding hydrogens is 504 g/mol. The van der Waals surface area contributed by atoms with Crippen molar-refractivity contribution in [2.75, 3.05) is 20.5 Å². The van der Waals surface area contributed by atoms with E-state index in [2.05, 4.69) is 0 Å². The maximum atomic E-state index is 12.3. The molecule has 3 aromatic carbocycles. The number of carboxylic acids is 2. The first-order valence-electron chi connectivity index (χ1n) is 12.8. The topological polar surface area (TPSA) is 121 Å². The number of aliphatic carboxylic acids is 2. The highest BCUT2D eigenvalue weighted by Crippen LogP contribution is 2.56. The van der Waals surface area contributed by atoms with Crippen molar-refractivity contribution in [3.63, 3.8) is 0 Å². The number of para-hydroxylation sites is 1. The van der Waals surface area contributed by atoms with Crippen LogP contribution in [0.15, 0.2) is 60.7 Å². The Hall–Kier alpha value is -4.24. The van der Waals surface area contributed by atoms with Crippen molar-refractivity contribution >= 4 is 11.9 Å². The third-order valence-electron chi connectivity index (χ3n) is 7.13. The Morgan fingerprint density at radius 2 is 1.74 bits per heavy atom. The fourth-order valence-electron chi connectivity index (χ4n) is 5.60. The number of hydrogen-bond donors (Lipinski definition) is 2. The van der Waals surface area contributed by atoms with Gasteiger partial charge >= 0.3 is 11.9 Å². The SMILES string of the molecule is CCCOc1ccc2c(c1)C(c1ccccc1OC(OC)C(=O)O)C(CC(=O)O)C2c1ccc2c(c1)OCO2. The molecule has 0 bridgehead atoms. The van der Waals surface area contributed by atoms with Crippen molar-refractivity contribution in [1.29, 1.82) is 0 Å². The molecule has 9 heteroatoms. The summed E-state index contributed by atoms with van der Waals surface area (Å²) in [5.74, 6) is -1.11. The normalized spacial score (nSPS) is 19.8. The Morgan fingerprint density at radius 1 is 0.949 bits per heavy atom. The Bertz CT molecular complexity index is 1370. The van der Waals surface area contributed by atoms with E-state index in [1.165, 1.54) is 7.11 Å². The molecule has 204 valence electrons. The summed E-state index contributed by atoms with van der Waals surface area (Å²) in [4.78, 5) is 23.9. The van der Waals surface area contributed by atoms with Crippen molar-refractivity contribution in [3.05, 3.63) is 82.9 Å². The van der Waals surface area contributed by atoms with Crippen LogP contribution in [0.1, 0.15) is 53.9 Å². The lowest BCUT2D eigenvalue weighted by Gasteiger charge is -2.27. The number of benzene rings is 3. The number of carbonyl (C=O) groups is 2. The Labute approximate surface area is 225 Å². The molecule has 9 nitrogen and oxygen atoms in total. The van der Waals surface area contributed by atoms with Gasteiger partial charge in [0.15, 0.2) is 11.5 Å². The van der Waals surface area contributed by atoms with Crippen LogP contribution in [0.4, 0.5) is 0 Å². The number of hydrogen-bond acceptors (Lipinski definition) is 7. The van der Waals surface area contributed by atoms with E-state index in [9.17, 15) is 19.8 Å². The van der Waals surface area contributed by atoms with Crippen LogP contribution in [-0.4, -0.2) is 49.0 Å². The highest BCUT2D eigenvalue weighted by atomic mass is 16.7. The van der Waals surface area contributed by atoms with Gasteiger partial charge in [-0.15, -0.1) is 0 Å². The summed E-state index contributed by atoms with van der Waals surface area (Å²) in [6.07, 6.45) is -0.814. The summed E-state index contributed by atoms with van der Waals surface area (Å²) >= 11 is 0. The monoisotopic (exact) mass is 534 g/mol. The van der Waals surface area contributed by atoms with Crippen LogP contribution >= 0.6 is 0 Å². The second-order valence-electron chi connectivity index (χ2n) is 9.53. The summed E-state index contributed by atoms with van der Waals surface area (Å²) in [6, 6.07) is 18.6. The average molecular weight is 535 g/mol. The first-order chi connectivity index (χ1) is 18.9. The average Bonchev–Trinajstić information content (AvgIpc) is 3.51. The molecule has 4 unspecified atom stereocenters. The smallest absolute Gasteiger partial charge is 0.373 e. The zero-order valence-corrected chi connectivity index (χ0v) is 21.7. The van der Waals surface area contributed by atoms with Crippen LogP contribution in [0.5, 0.6) is 23.0 Å². The van der Waals surface area contributed by atoms with Crippen molar-refractivity contribution < 1.29 is 43.5 Å². The third-order valence-corrected chi connectivity index (χ3v) is 7.13. The standard InChI is InChI=1S/C30H30O9/c1-3-12-36-18-9-10-19-21(14-18)28(20-6-4-5-7-23(20)39-30(35-2)29(33)34)22(15-26(31)32)27(19)17-8-11-24-25(13-17)38-16-37-24/h4-11,13-14,22,27-28,30H,3,12,15-16H2,1-2H3,(H,31,32)(H,33,34). The largest absolute Gasteiger partial charge is 0.494 e. The first-order valence-corrected chi connectivity index (χ1v) is 12.8. The minimum absolute atomic E-state index is 0.133. The van der Waals surface area contributed by atoms with E-state index in [0.717, 1.165) is 23.1 Å². The summed E-state index contributed by atoms with van der Waals surface area (Å²) in [5, 5.41) is 19.6. The second kappa shape index (κ2) is 11.2. The van der Waals surface area contributed by atoms with Crippen LogP contribution in [0, 0.1) is 5.92 Å². The molecule has 2 N–H and O–H groups in total. The molecule has 0 radical (unpaired) electrons. The van der Waals surface area contributed by atoms with Crippen molar-refractivity contribution in [1.82, 2.24) is 0 Å². The van der Waals surface area contributed by atoms with E-state index in [-0.39, 0.29) is 19.1 Å². The van der Waals surface area contributed by atoms with Gasteiger partial charge in [0, 0.05) is 30.9 Å². The van der Waals surface area contributed by atoms with Crippen molar-refractivity contribution in [3.8, 4) is 23.0 Å². The minimum atomic E-state index is -1.52. The molecule has 4 atom stereocenters. The summed E-state index contributed by atoms with van der Waals surface area (Å²) in [6.45, 7) is 2.70. The number of methoxy groups -OCH3 is 1. The Morgan fingerprint density at radius 3 is 2.49 bits per heavy atom. The third kappa shape index (κ3) is 5.22. The molecule has 0 fully saturated rings. The van der Waals surface area contributed by atoms with Gasteiger partial charge in [0.1, 0.15) is 11.5 Å². The van der Waals surface area contributed by atoms with Gasteiger partial charge in [0.2, 0.25) is 6.79 Å². The quantitative estimate of drug-likeness (QED) is 0.327. The summed E-state index contributed by atoms with van der Waals surface area (Å²) < 4.78 is 27.9. The maximum absolute atomic E-state index is 12.3. The molecule has 0 saturated heterocycles. The summed E-state index contributed by atoms with van der Waals surface area (Å²) in [5.41, 5.74) is 3.43. The Kier molecular flexibility index (Phi) is 7.60. The molecule has 39 heavy (non-hydrogen) atoms. The maximum Gasteiger partial charge on any atom is 0.373 e. The predicted molar refractivity (Wildman–Crippen MR) is 140 cm³/mol. The molecule has 3 aromatic rings. The minimum Gasteiger partial charge on any atom is -0.494 e.